The van der Waals surface area contributed by atoms with Gasteiger partial charge in [0.05, 0.1) is 24.9 Å². The SMILES string of the molecule is C[C@]12CCC(OCCCN)CC1CC[C@@H]1[C@@H]2CC[C@]2(C)[C@@H](/C=C/C3OCCO3)CC[C@@]12O. The standard InChI is InChI=1S/C27H45NO4/c1-25-11-9-21(30-15-3-14-28)18-20(25)4-6-23-22(25)10-12-26(2)19(8-13-27(23,26)29)5-7-24-31-16-17-32-24/h5,7,19-24,29H,3-4,6,8-18,28H2,1-2H3/b7-5+/t19-,20?,21?,22-,23+,25-,26+,27+/m0/s1. The third-order valence-corrected chi connectivity index (χ3v) is 10.7. The van der Waals surface area contributed by atoms with Crippen LogP contribution in [-0.2, 0) is 14.2 Å². The van der Waals surface area contributed by atoms with Crippen LogP contribution in [0.4, 0.5) is 0 Å². The lowest BCUT2D eigenvalue weighted by Gasteiger charge is -2.63. The summed E-state index contributed by atoms with van der Waals surface area (Å²) in [5, 5.41) is 12.3. The van der Waals surface area contributed by atoms with Crippen molar-refractivity contribution in [3.8, 4) is 0 Å². The molecular formula is C27H45NO4. The highest BCUT2D eigenvalue weighted by Crippen LogP contribution is 2.69. The van der Waals surface area contributed by atoms with Crippen LogP contribution in [0.25, 0.3) is 0 Å². The first-order chi connectivity index (χ1) is 15.4. The molecule has 0 aromatic carbocycles. The minimum absolute atomic E-state index is 0.0327. The van der Waals surface area contributed by atoms with E-state index in [2.05, 4.69) is 26.0 Å². The molecule has 1 saturated heterocycles. The van der Waals surface area contributed by atoms with Gasteiger partial charge >= 0.3 is 0 Å². The zero-order chi connectivity index (χ0) is 22.4. The Labute approximate surface area is 194 Å². The zero-order valence-electron chi connectivity index (χ0n) is 20.3. The number of nitrogens with two attached hydrogens (primary N) is 1. The van der Waals surface area contributed by atoms with Gasteiger partial charge in [-0.25, -0.2) is 0 Å². The monoisotopic (exact) mass is 447 g/mol. The Morgan fingerprint density at radius 3 is 2.56 bits per heavy atom. The summed E-state index contributed by atoms with van der Waals surface area (Å²) in [4.78, 5) is 0. The van der Waals surface area contributed by atoms with Gasteiger partial charge in [-0.2, -0.15) is 0 Å². The Morgan fingerprint density at radius 2 is 1.78 bits per heavy atom. The fourth-order valence-corrected chi connectivity index (χ4v) is 8.73. The van der Waals surface area contributed by atoms with Crippen molar-refractivity contribution in [2.45, 2.75) is 96.1 Å². The molecule has 4 aliphatic carbocycles. The summed E-state index contributed by atoms with van der Waals surface area (Å²) in [5.41, 5.74) is 5.43. The maximum Gasteiger partial charge on any atom is 0.177 e. The fourth-order valence-electron chi connectivity index (χ4n) is 8.73. The van der Waals surface area contributed by atoms with E-state index in [1.807, 2.05) is 0 Å². The van der Waals surface area contributed by atoms with Crippen LogP contribution in [0.2, 0.25) is 0 Å². The summed E-state index contributed by atoms with van der Waals surface area (Å²) in [7, 11) is 0. The normalized spacial score (nSPS) is 49.2. The molecule has 5 fully saturated rings. The largest absolute Gasteiger partial charge is 0.389 e. The molecule has 2 unspecified atom stereocenters. The topological polar surface area (TPSA) is 73.9 Å². The molecule has 5 rings (SSSR count). The van der Waals surface area contributed by atoms with Crippen LogP contribution >= 0.6 is 0 Å². The predicted molar refractivity (Wildman–Crippen MR) is 125 cm³/mol. The van der Waals surface area contributed by atoms with Gasteiger partial charge in [-0.05, 0) is 106 Å². The van der Waals surface area contributed by atoms with Crippen LogP contribution in [0.1, 0.15) is 78.1 Å². The van der Waals surface area contributed by atoms with Gasteiger partial charge in [0, 0.05) is 12.0 Å². The molecule has 8 atom stereocenters. The molecular weight excluding hydrogens is 402 g/mol. The Hall–Kier alpha value is -0.460. The highest BCUT2D eigenvalue weighted by atomic mass is 16.7. The molecule has 1 aliphatic heterocycles. The second-order valence-electron chi connectivity index (χ2n) is 11.9. The van der Waals surface area contributed by atoms with E-state index in [1.165, 1.54) is 38.5 Å². The van der Waals surface area contributed by atoms with Crippen molar-refractivity contribution >= 4 is 0 Å². The quantitative estimate of drug-likeness (QED) is 0.466. The Balaban J connectivity index is 1.29. The van der Waals surface area contributed by atoms with E-state index in [0.717, 1.165) is 38.2 Å². The van der Waals surface area contributed by atoms with Crippen molar-refractivity contribution in [2.24, 2.45) is 40.2 Å². The lowest BCUT2D eigenvalue weighted by molar-refractivity contribution is -0.209. The van der Waals surface area contributed by atoms with Gasteiger partial charge in [-0.1, -0.05) is 19.9 Å². The fraction of sp³-hybridized carbons (Fsp3) is 0.926. The van der Waals surface area contributed by atoms with Gasteiger partial charge < -0.3 is 25.1 Å². The summed E-state index contributed by atoms with van der Waals surface area (Å²) < 4.78 is 17.4. The van der Waals surface area contributed by atoms with Crippen LogP contribution in [0.15, 0.2) is 12.2 Å². The molecule has 182 valence electrons. The summed E-state index contributed by atoms with van der Waals surface area (Å²) >= 11 is 0. The summed E-state index contributed by atoms with van der Waals surface area (Å²) in [6, 6.07) is 0. The Kier molecular flexibility index (Phi) is 6.52. The number of ether oxygens (including phenoxy) is 3. The predicted octanol–water partition coefficient (Wildman–Crippen LogP) is 4.42. The summed E-state index contributed by atoms with van der Waals surface area (Å²) in [6.07, 6.45) is 16.0. The van der Waals surface area contributed by atoms with Crippen molar-refractivity contribution in [1.29, 1.82) is 0 Å². The maximum atomic E-state index is 12.3. The molecule has 3 N–H and O–H groups in total. The van der Waals surface area contributed by atoms with E-state index in [0.29, 0.717) is 49.0 Å². The number of fused-ring (bicyclic) bond motifs is 5. The highest BCUT2D eigenvalue weighted by molar-refractivity contribution is 5.19. The number of hydrogen-bond donors (Lipinski definition) is 2. The molecule has 0 amide bonds. The minimum atomic E-state index is -0.537. The Morgan fingerprint density at radius 1 is 0.969 bits per heavy atom. The highest BCUT2D eigenvalue weighted by Gasteiger charge is 2.66. The number of allylic oxidation sites excluding steroid dienone is 1. The van der Waals surface area contributed by atoms with Gasteiger partial charge in [-0.3, -0.25) is 0 Å². The van der Waals surface area contributed by atoms with Gasteiger partial charge in [0.2, 0.25) is 0 Å². The average molecular weight is 448 g/mol. The van der Waals surface area contributed by atoms with Crippen molar-refractivity contribution in [1.82, 2.24) is 0 Å². The molecule has 5 aliphatic rings. The molecule has 4 saturated carbocycles. The molecule has 32 heavy (non-hydrogen) atoms. The van der Waals surface area contributed by atoms with E-state index < -0.39 is 5.60 Å². The molecule has 0 radical (unpaired) electrons. The second kappa shape index (κ2) is 8.96. The summed E-state index contributed by atoms with van der Waals surface area (Å²) in [5.74, 6) is 2.24. The van der Waals surface area contributed by atoms with E-state index in [9.17, 15) is 5.11 Å². The van der Waals surface area contributed by atoms with E-state index in [4.69, 9.17) is 19.9 Å². The molecule has 0 aromatic rings. The van der Waals surface area contributed by atoms with E-state index >= 15 is 0 Å². The molecule has 0 spiro atoms. The Bertz CT molecular complexity index is 693. The third-order valence-electron chi connectivity index (χ3n) is 10.7. The lowest BCUT2D eigenvalue weighted by Crippen LogP contribution is -2.62. The van der Waals surface area contributed by atoms with E-state index in [-0.39, 0.29) is 11.7 Å². The molecule has 5 heteroatoms. The molecule has 0 bridgehead atoms. The van der Waals surface area contributed by atoms with Crippen molar-refractivity contribution in [3.05, 3.63) is 12.2 Å². The first-order valence-electron chi connectivity index (χ1n) is 13.4. The molecule has 5 nitrogen and oxygen atoms in total. The maximum absolute atomic E-state index is 12.3. The second-order valence-corrected chi connectivity index (χ2v) is 11.9. The molecule has 1 heterocycles. The van der Waals surface area contributed by atoms with Gasteiger partial charge in [-0.15, -0.1) is 0 Å². The first-order valence-corrected chi connectivity index (χ1v) is 13.4. The third kappa shape index (κ3) is 3.71. The van der Waals surface area contributed by atoms with Gasteiger partial charge in [0.1, 0.15) is 0 Å². The summed E-state index contributed by atoms with van der Waals surface area (Å²) in [6.45, 7) is 7.81. The van der Waals surface area contributed by atoms with Crippen molar-refractivity contribution < 1.29 is 19.3 Å². The minimum Gasteiger partial charge on any atom is -0.389 e. The zero-order valence-corrected chi connectivity index (χ0v) is 20.3. The van der Waals surface area contributed by atoms with Crippen molar-refractivity contribution in [2.75, 3.05) is 26.4 Å². The van der Waals surface area contributed by atoms with Crippen LogP contribution in [0.5, 0.6) is 0 Å². The van der Waals surface area contributed by atoms with Crippen LogP contribution in [0, 0.1) is 34.5 Å². The molecule has 0 aromatic heterocycles. The first kappa shape index (κ1) is 23.3. The number of rotatable bonds is 6. The average Bonchev–Trinajstić information content (AvgIpc) is 3.39. The number of aliphatic hydroxyl groups is 1. The lowest BCUT2D eigenvalue weighted by atomic mass is 9.43. The smallest absolute Gasteiger partial charge is 0.177 e. The van der Waals surface area contributed by atoms with Gasteiger partial charge in [0.25, 0.3) is 0 Å². The number of hydrogen-bond acceptors (Lipinski definition) is 5. The van der Waals surface area contributed by atoms with Crippen LogP contribution < -0.4 is 5.73 Å². The van der Waals surface area contributed by atoms with E-state index in [1.54, 1.807) is 0 Å². The van der Waals surface area contributed by atoms with Gasteiger partial charge in [0.15, 0.2) is 6.29 Å². The van der Waals surface area contributed by atoms with Crippen LogP contribution in [-0.4, -0.2) is 49.5 Å². The van der Waals surface area contributed by atoms with Crippen LogP contribution in [0.3, 0.4) is 0 Å². The van der Waals surface area contributed by atoms with Crippen molar-refractivity contribution in [3.63, 3.8) is 0 Å².